The Hall–Kier alpha value is -0.626. The Morgan fingerprint density at radius 3 is 1.75 bits per heavy atom. The molecule has 0 aromatic heterocycles. The van der Waals surface area contributed by atoms with Gasteiger partial charge in [-0.15, -0.1) is 0 Å². The average Bonchev–Trinajstić information content (AvgIpc) is 1.93. The van der Waals surface area contributed by atoms with Crippen molar-refractivity contribution in [3.05, 3.63) is 0 Å². The number of hydrogen-bond acceptors (Lipinski definition) is 3. The van der Waals surface area contributed by atoms with Crippen molar-refractivity contribution in [3.8, 4) is 0 Å². The summed E-state index contributed by atoms with van der Waals surface area (Å²) in [7, 11) is -3.64. The van der Waals surface area contributed by atoms with Crippen LogP contribution in [-0.2, 0) is 14.0 Å². The topological polar surface area (TPSA) is 46.6 Å². The Bertz CT molecular complexity index is 279. The Labute approximate surface area is 100 Å². The van der Waals surface area contributed by atoms with E-state index in [4.69, 9.17) is 4.43 Å². The molecule has 1 amide bonds. The lowest BCUT2D eigenvalue weighted by molar-refractivity contribution is -0.139. The summed E-state index contributed by atoms with van der Waals surface area (Å²) in [5, 5.41) is 0. The fourth-order valence-corrected chi connectivity index (χ4v) is 3.62. The highest BCUT2D eigenvalue weighted by atomic mass is 28.4. The van der Waals surface area contributed by atoms with E-state index in [1.807, 2.05) is 39.3 Å². The average molecular weight is 261 g/mol. The summed E-state index contributed by atoms with van der Waals surface area (Å²) >= 11 is 0. The largest absolute Gasteiger partial charge is 0.519 e. The molecule has 0 aromatic rings. The van der Waals surface area contributed by atoms with Gasteiger partial charge in [0.2, 0.25) is 14.2 Å². The van der Waals surface area contributed by atoms with Gasteiger partial charge in [-0.25, -0.2) is 0 Å². The zero-order chi connectivity index (χ0) is 13.1. The number of rotatable bonds is 4. The molecule has 0 aliphatic heterocycles. The third-order valence-electron chi connectivity index (χ3n) is 1.90. The molecule has 0 bridgehead atoms. The summed E-state index contributed by atoms with van der Waals surface area (Å²) in [6.45, 7) is 13.6. The van der Waals surface area contributed by atoms with Crippen LogP contribution in [0.15, 0.2) is 0 Å². The second kappa shape index (κ2) is 5.14. The standard InChI is InChI=1S/C10H23NO3Si2/c1-9(12)11(15(2,3)4)8-10(13)14-16(5,6)7/h8H2,1-7H3. The maximum atomic E-state index is 11.7. The van der Waals surface area contributed by atoms with Crippen LogP contribution in [0.5, 0.6) is 0 Å². The summed E-state index contributed by atoms with van der Waals surface area (Å²) in [6, 6.07) is 0. The second-order valence-electron chi connectivity index (χ2n) is 5.86. The fourth-order valence-electron chi connectivity index (χ4n) is 1.32. The molecule has 0 heterocycles. The van der Waals surface area contributed by atoms with Crippen molar-refractivity contribution in [1.29, 1.82) is 0 Å². The number of nitrogens with zero attached hydrogens (tertiary/aromatic N) is 1. The smallest absolute Gasteiger partial charge is 0.311 e. The van der Waals surface area contributed by atoms with E-state index in [0.717, 1.165) is 0 Å². The lowest BCUT2D eigenvalue weighted by atomic mass is 10.6. The highest BCUT2D eigenvalue weighted by Gasteiger charge is 2.30. The maximum absolute atomic E-state index is 11.7. The van der Waals surface area contributed by atoms with Gasteiger partial charge in [-0.3, -0.25) is 9.59 Å². The van der Waals surface area contributed by atoms with Crippen LogP contribution >= 0.6 is 0 Å². The van der Waals surface area contributed by atoms with E-state index in [1.165, 1.54) is 6.92 Å². The fraction of sp³-hybridized carbons (Fsp3) is 0.800. The van der Waals surface area contributed by atoms with Crippen molar-refractivity contribution in [3.63, 3.8) is 0 Å². The van der Waals surface area contributed by atoms with Gasteiger partial charge in [-0.2, -0.15) is 0 Å². The number of carbonyl (C=O) groups excluding carboxylic acids is 2. The van der Waals surface area contributed by atoms with Crippen LogP contribution in [0.4, 0.5) is 0 Å². The quantitative estimate of drug-likeness (QED) is 0.728. The van der Waals surface area contributed by atoms with Crippen LogP contribution in [0.1, 0.15) is 6.92 Å². The van der Waals surface area contributed by atoms with Gasteiger partial charge < -0.3 is 8.99 Å². The van der Waals surface area contributed by atoms with Crippen LogP contribution in [0.2, 0.25) is 39.3 Å². The molecule has 0 atom stereocenters. The van der Waals surface area contributed by atoms with Crippen molar-refractivity contribution in [2.24, 2.45) is 0 Å². The monoisotopic (exact) mass is 261 g/mol. The lowest BCUT2D eigenvalue weighted by Gasteiger charge is -2.33. The van der Waals surface area contributed by atoms with Crippen LogP contribution in [0.3, 0.4) is 0 Å². The molecule has 0 spiro atoms. The van der Waals surface area contributed by atoms with Crippen LogP contribution in [-0.4, -0.2) is 39.5 Å². The summed E-state index contributed by atoms with van der Waals surface area (Å²) < 4.78 is 7.00. The van der Waals surface area contributed by atoms with Gasteiger partial charge >= 0.3 is 5.97 Å². The molecule has 0 rings (SSSR count). The van der Waals surface area contributed by atoms with E-state index in [9.17, 15) is 9.59 Å². The van der Waals surface area contributed by atoms with E-state index < -0.39 is 16.6 Å². The van der Waals surface area contributed by atoms with Gasteiger partial charge in [0.15, 0.2) is 8.24 Å². The predicted molar refractivity (Wildman–Crippen MR) is 70.2 cm³/mol. The molecule has 0 aromatic carbocycles. The first-order valence-corrected chi connectivity index (χ1v) is 12.3. The molecule has 6 heteroatoms. The normalized spacial score (nSPS) is 12.2. The highest BCUT2D eigenvalue weighted by Crippen LogP contribution is 2.11. The molecule has 0 aliphatic rings. The van der Waals surface area contributed by atoms with Crippen molar-refractivity contribution in [1.82, 2.24) is 4.57 Å². The SMILES string of the molecule is CC(=O)N(CC(=O)O[Si](C)(C)C)[Si](C)(C)C. The molecule has 0 radical (unpaired) electrons. The Morgan fingerprint density at radius 1 is 1.06 bits per heavy atom. The zero-order valence-electron chi connectivity index (χ0n) is 11.4. The van der Waals surface area contributed by atoms with E-state index in [2.05, 4.69) is 0 Å². The summed E-state index contributed by atoms with van der Waals surface area (Å²) in [5.41, 5.74) is 0. The van der Waals surface area contributed by atoms with Crippen LogP contribution in [0.25, 0.3) is 0 Å². The summed E-state index contributed by atoms with van der Waals surface area (Å²) in [4.78, 5) is 23.1. The molecule has 0 fully saturated rings. The highest BCUT2D eigenvalue weighted by molar-refractivity contribution is 6.75. The van der Waals surface area contributed by atoms with Gasteiger partial charge in [0.05, 0.1) is 0 Å². The third-order valence-corrected chi connectivity index (χ3v) is 4.83. The minimum absolute atomic E-state index is 0.0494. The number of amides is 1. The first-order valence-electron chi connectivity index (χ1n) is 5.43. The summed E-state index contributed by atoms with van der Waals surface area (Å²) in [6.07, 6.45) is 0. The minimum atomic E-state index is -1.85. The number of carbonyl (C=O) groups is 2. The molecule has 0 saturated carbocycles. The van der Waals surface area contributed by atoms with Gasteiger partial charge in [-0.05, 0) is 19.6 Å². The maximum Gasteiger partial charge on any atom is 0.311 e. The molecule has 4 nitrogen and oxygen atoms in total. The van der Waals surface area contributed by atoms with Crippen molar-refractivity contribution < 1.29 is 14.0 Å². The second-order valence-corrected chi connectivity index (χ2v) is 15.2. The van der Waals surface area contributed by atoms with Gasteiger partial charge in [0.25, 0.3) is 0 Å². The molecule has 0 N–H and O–H groups in total. The Kier molecular flexibility index (Phi) is 4.93. The first-order chi connectivity index (χ1) is 6.93. The Morgan fingerprint density at radius 2 is 1.50 bits per heavy atom. The van der Waals surface area contributed by atoms with Gasteiger partial charge in [0.1, 0.15) is 6.54 Å². The molecule has 0 saturated heterocycles. The van der Waals surface area contributed by atoms with Crippen LogP contribution in [0, 0.1) is 0 Å². The minimum Gasteiger partial charge on any atom is -0.519 e. The predicted octanol–water partition coefficient (Wildman–Crippen LogP) is 2.05. The molecule has 0 aliphatic carbocycles. The van der Waals surface area contributed by atoms with Crippen LogP contribution < -0.4 is 0 Å². The molecule has 16 heavy (non-hydrogen) atoms. The molecule has 0 unspecified atom stereocenters. The van der Waals surface area contributed by atoms with E-state index in [0.29, 0.717) is 0 Å². The van der Waals surface area contributed by atoms with Crippen molar-refractivity contribution in [2.45, 2.75) is 46.2 Å². The van der Waals surface area contributed by atoms with E-state index in [1.54, 1.807) is 4.57 Å². The van der Waals surface area contributed by atoms with E-state index >= 15 is 0 Å². The van der Waals surface area contributed by atoms with Crippen molar-refractivity contribution in [2.75, 3.05) is 6.54 Å². The molecular weight excluding hydrogens is 238 g/mol. The zero-order valence-corrected chi connectivity index (χ0v) is 13.4. The van der Waals surface area contributed by atoms with Gasteiger partial charge in [-0.1, -0.05) is 19.6 Å². The van der Waals surface area contributed by atoms with Gasteiger partial charge in [0, 0.05) is 6.92 Å². The lowest BCUT2D eigenvalue weighted by Crippen LogP contribution is -2.52. The molecule has 94 valence electrons. The summed E-state index contributed by atoms with van der Waals surface area (Å²) in [5.74, 6) is -0.330. The Balaban J connectivity index is 4.56. The molecular formula is C10H23NO3Si2. The van der Waals surface area contributed by atoms with E-state index in [-0.39, 0.29) is 18.4 Å². The third kappa shape index (κ3) is 6.07. The number of hydrogen-bond donors (Lipinski definition) is 0. The van der Waals surface area contributed by atoms with Crippen molar-refractivity contribution >= 4 is 28.4 Å². The first kappa shape index (κ1) is 15.4.